The minimum Gasteiger partial charge on any atom is -0.479 e. The lowest BCUT2D eigenvalue weighted by atomic mass is 10.5. The number of aliphatic imine (C=N–C) groups is 1. The Kier molecular flexibility index (Phi) is 8.26. The van der Waals surface area contributed by atoms with Crippen molar-refractivity contribution in [2.75, 3.05) is 13.2 Å². The van der Waals surface area contributed by atoms with Crippen LogP contribution in [0, 0.1) is 12.3 Å². The molecule has 3 nitrogen and oxygen atoms in total. The average Bonchev–Trinajstić information content (AvgIpc) is 2.18. The van der Waals surface area contributed by atoms with Gasteiger partial charge in [-0.1, -0.05) is 6.08 Å². The normalized spacial score (nSPS) is 10.3. The summed E-state index contributed by atoms with van der Waals surface area (Å²) in [6.07, 6.45) is 11.0. The Morgan fingerprint density at radius 1 is 1.71 bits per heavy atom. The van der Waals surface area contributed by atoms with Crippen LogP contribution >= 0.6 is 0 Å². The zero-order valence-electron chi connectivity index (χ0n) is 8.49. The molecular weight excluding hydrogens is 176 g/mol. The first-order valence-corrected chi connectivity index (χ1v) is 4.43. The maximum atomic E-state index is 5.16. The Morgan fingerprint density at radius 3 is 3.14 bits per heavy atom. The Labute approximate surface area is 85.6 Å². The van der Waals surface area contributed by atoms with E-state index in [4.69, 9.17) is 11.2 Å². The van der Waals surface area contributed by atoms with Crippen molar-refractivity contribution in [3.05, 3.63) is 24.7 Å². The summed E-state index contributed by atoms with van der Waals surface area (Å²) in [4.78, 5) is 3.96. The Balaban J connectivity index is 3.40. The molecule has 0 atom stereocenters. The second-order valence-electron chi connectivity index (χ2n) is 2.42. The van der Waals surface area contributed by atoms with E-state index in [0.717, 1.165) is 0 Å². The second kappa shape index (κ2) is 9.40. The number of ether oxygens (including phenoxy) is 1. The van der Waals surface area contributed by atoms with Gasteiger partial charge in [0.15, 0.2) is 5.88 Å². The van der Waals surface area contributed by atoms with Crippen LogP contribution in [-0.2, 0) is 4.74 Å². The highest BCUT2D eigenvalue weighted by atomic mass is 16.5. The van der Waals surface area contributed by atoms with Crippen LogP contribution in [0.5, 0.6) is 0 Å². The minimum absolute atomic E-state index is 0.494. The Morgan fingerprint density at radius 2 is 2.50 bits per heavy atom. The summed E-state index contributed by atoms with van der Waals surface area (Å²) < 4.78 is 5.16. The molecule has 0 aliphatic heterocycles. The van der Waals surface area contributed by atoms with Crippen LogP contribution < -0.4 is 5.32 Å². The fourth-order valence-corrected chi connectivity index (χ4v) is 0.643. The molecule has 0 amide bonds. The van der Waals surface area contributed by atoms with Crippen molar-refractivity contribution in [1.29, 1.82) is 0 Å². The highest BCUT2D eigenvalue weighted by molar-refractivity contribution is 5.60. The van der Waals surface area contributed by atoms with Gasteiger partial charge in [0.1, 0.15) is 6.61 Å². The van der Waals surface area contributed by atoms with Gasteiger partial charge in [0.25, 0.3) is 0 Å². The summed E-state index contributed by atoms with van der Waals surface area (Å²) in [5.74, 6) is 3.00. The van der Waals surface area contributed by atoms with Crippen molar-refractivity contribution in [2.24, 2.45) is 4.99 Å². The third kappa shape index (κ3) is 8.41. The summed E-state index contributed by atoms with van der Waals surface area (Å²) in [7, 11) is 0. The third-order valence-electron chi connectivity index (χ3n) is 1.25. The molecule has 0 radical (unpaired) electrons. The van der Waals surface area contributed by atoms with Gasteiger partial charge < -0.3 is 10.1 Å². The van der Waals surface area contributed by atoms with Crippen LogP contribution in [0.4, 0.5) is 0 Å². The number of terminal acetylenes is 1. The quantitative estimate of drug-likeness (QED) is 0.288. The molecule has 3 heteroatoms. The maximum Gasteiger partial charge on any atom is 0.179 e. The summed E-state index contributed by atoms with van der Waals surface area (Å²) >= 11 is 0. The van der Waals surface area contributed by atoms with Gasteiger partial charge in [0.05, 0.1) is 6.54 Å². The van der Waals surface area contributed by atoms with Crippen molar-refractivity contribution >= 4 is 6.21 Å². The van der Waals surface area contributed by atoms with E-state index in [1.807, 2.05) is 13.0 Å². The molecule has 0 heterocycles. The smallest absolute Gasteiger partial charge is 0.179 e. The van der Waals surface area contributed by atoms with Crippen LogP contribution in [0.2, 0.25) is 0 Å². The molecule has 0 aromatic rings. The van der Waals surface area contributed by atoms with Gasteiger partial charge in [-0.2, -0.15) is 0 Å². The summed E-state index contributed by atoms with van der Waals surface area (Å²) in [6.45, 7) is 6.66. The standard InChI is InChI=1S/C11H16N2O/c1-4-6-10-14-11(3)13-9-8-12-7-5-2/h1,5,7-8,13H,3,6,9-10H2,2H3/b7-5-,12-8-. The van der Waals surface area contributed by atoms with E-state index < -0.39 is 0 Å². The van der Waals surface area contributed by atoms with Crippen molar-refractivity contribution in [3.8, 4) is 12.3 Å². The molecule has 14 heavy (non-hydrogen) atoms. The number of nitrogens with one attached hydrogen (secondary N) is 1. The predicted octanol–water partition coefficient (Wildman–Crippen LogP) is 1.69. The van der Waals surface area contributed by atoms with Crippen LogP contribution in [0.3, 0.4) is 0 Å². The highest BCUT2D eigenvalue weighted by Gasteiger charge is 1.89. The van der Waals surface area contributed by atoms with E-state index in [-0.39, 0.29) is 0 Å². The lowest BCUT2D eigenvalue weighted by Crippen LogP contribution is -2.17. The molecule has 0 unspecified atom stereocenters. The number of hydrogen-bond acceptors (Lipinski definition) is 3. The molecule has 0 aromatic carbocycles. The molecule has 0 aromatic heterocycles. The summed E-state index contributed by atoms with van der Waals surface area (Å²) in [5, 5.41) is 2.93. The van der Waals surface area contributed by atoms with Crippen LogP contribution in [0.25, 0.3) is 0 Å². The molecule has 0 bridgehead atoms. The fraction of sp³-hybridized carbons (Fsp3) is 0.364. The molecular formula is C11H16N2O. The lowest BCUT2D eigenvalue weighted by molar-refractivity contribution is 0.202. The van der Waals surface area contributed by atoms with Crippen LogP contribution in [0.1, 0.15) is 13.3 Å². The van der Waals surface area contributed by atoms with E-state index >= 15 is 0 Å². The zero-order chi connectivity index (χ0) is 10.6. The van der Waals surface area contributed by atoms with Crippen molar-refractivity contribution in [1.82, 2.24) is 5.32 Å². The topological polar surface area (TPSA) is 33.6 Å². The third-order valence-corrected chi connectivity index (χ3v) is 1.25. The van der Waals surface area contributed by atoms with Crippen molar-refractivity contribution < 1.29 is 4.74 Å². The summed E-state index contributed by atoms with van der Waals surface area (Å²) in [5.41, 5.74) is 0. The first kappa shape index (κ1) is 12.3. The Hall–Kier alpha value is -1.69. The fourth-order valence-electron chi connectivity index (χ4n) is 0.643. The molecule has 76 valence electrons. The van der Waals surface area contributed by atoms with E-state index in [1.54, 1.807) is 12.4 Å². The lowest BCUT2D eigenvalue weighted by Gasteiger charge is -2.07. The summed E-state index contributed by atoms with van der Waals surface area (Å²) in [6, 6.07) is 0. The van der Waals surface area contributed by atoms with Gasteiger partial charge in [-0.3, -0.25) is 4.99 Å². The van der Waals surface area contributed by atoms with E-state index in [0.29, 0.717) is 25.5 Å². The van der Waals surface area contributed by atoms with Gasteiger partial charge in [-0.05, 0) is 13.5 Å². The SMILES string of the molecule is C#CCCOC(=C)NC/C=N\C=C/C. The Bertz CT molecular complexity index is 249. The van der Waals surface area contributed by atoms with E-state index in [2.05, 4.69) is 22.8 Å². The largest absolute Gasteiger partial charge is 0.479 e. The molecule has 1 N–H and O–H groups in total. The van der Waals surface area contributed by atoms with Gasteiger partial charge in [0, 0.05) is 18.8 Å². The number of nitrogens with zero attached hydrogens (tertiary/aromatic N) is 1. The molecule has 0 saturated heterocycles. The van der Waals surface area contributed by atoms with Gasteiger partial charge in [-0.25, -0.2) is 0 Å². The van der Waals surface area contributed by atoms with Gasteiger partial charge >= 0.3 is 0 Å². The predicted molar refractivity (Wildman–Crippen MR) is 59.9 cm³/mol. The van der Waals surface area contributed by atoms with Crippen molar-refractivity contribution in [2.45, 2.75) is 13.3 Å². The molecule has 0 spiro atoms. The zero-order valence-corrected chi connectivity index (χ0v) is 8.49. The van der Waals surface area contributed by atoms with E-state index in [9.17, 15) is 0 Å². The minimum atomic E-state index is 0.494. The second-order valence-corrected chi connectivity index (χ2v) is 2.42. The van der Waals surface area contributed by atoms with E-state index in [1.165, 1.54) is 0 Å². The van der Waals surface area contributed by atoms with Crippen molar-refractivity contribution in [3.63, 3.8) is 0 Å². The van der Waals surface area contributed by atoms with Gasteiger partial charge in [-0.15, -0.1) is 12.3 Å². The number of allylic oxidation sites excluding steroid dienone is 1. The first-order chi connectivity index (χ1) is 6.81. The molecule has 0 aliphatic rings. The first-order valence-electron chi connectivity index (χ1n) is 4.43. The molecule has 0 aliphatic carbocycles. The monoisotopic (exact) mass is 192 g/mol. The highest BCUT2D eigenvalue weighted by Crippen LogP contribution is 1.88. The molecule has 0 saturated carbocycles. The van der Waals surface area contributed by atoms with Crippen LogP contribution in [0.15, 0.2) is 29.7 Å². The number of rotatable bonds is 7. The van der Waals surface area contributed by atoms with Crippen LogP contribution in [-0.4, -0.2) is 19.4 Å². The molecule has 0 fully saturated rings. The molecule has 0 rings (SSSR count). The average molecular weight is 192 g/mol. The number of hydrogen-bond donors (Lipinski definition) is 1. The maximum absolute atomic E-state index is 5.16. The van der Waals surface area contributed by atoms with Gasteiger partial charge in [0.2, 0.25) is 0 Å².